The van der Waals surface area contributed by atoms with E-state index in [1.165, 1.54) is 23.6 Å². The first-order valence-corrected chi connectivity index (χ1v) is 7.47. The van der Waals surface area contributed by atoms with E-state index < -0.39 is 22.5 Å². The fraction of sp³-hybridized carbons (Fsp3) is 0.429. The van der Waals surface area contributed by atoms with Gasteiger partial charge in [0, 0.05) is 5.56 Å². The van der Waals surface area contributed by atoms with Crippen molar-refractivity contribution < 1.29 is 15.0 Å². The van der Waals surface area contributed by atoms with Crippen molar-refractivity contribution in [3.63, 3.8) is 0 Å². The summed E-state index contributed by atoms with van der Waals surface area (Å²) in [6, 6.07) is 8.17. The summed E-state index contributed by atoms with van der Waals surface area (Å²) < 4.78 is -0.244. The summed E-state index contributed by atoms with van der Waals surface area (Å²) in [7, 11) is 0. The molecular formula is C14H17NO3S2. The Morgan fingerprint density at radius 1 is 1.35 bits per heavy atom. The zero-order chi connectivity index (χ0) is 15.1. The van der Waals surface area contributed by atoms with Crippen LogP contribution in [-0.2, 0) is 10.5 Å². The third-order valence-electron chi connectivity index (χ3n) is 3.65. The maximum absolute atomic E-state index is 11.3. The van der Waals surface area contributed by atoms with Gasteiger partial charge in [-0.25, -0.2) is 4.79 Å². The van der Waals surface area contributed by atoms with Crippen LogP contribution < -0.4 is 0 Å². The van der Waals surface area contributed by atoms with Gasteiger partial charge in [-0.15, -0.1) is 0 Å². The summed E-state index contributed by atoms with van der Waals surface area (Å²) in [5.41, 5.74) is -0.807. The lowest BCUT2D eigenvalue weighted by Gasteiger charge is -2.43. The maximum Gasteiger partial charge on any atom is 0.326 e. The number of benzene rings is 1. The van der Waals surface area contributed by atoms with Crippen molar-refractivity contribution in [2.45, 2.75) is 37.3 Å². The van der Waals surface area contributed by atoms with Crippen LogP contribution in [0.4, 0.5) is 0 Å². The van der Waals surface area contributed by atoms with Crippen LogP contribution in [0.5, 0.6) is 0 Å². The normalized spacial score (nSPS) is 26.6. The van der Waals surface area contributed by atoms with Crippen LogP contribution in [0.1, 0.15) is 26.3 Å². The average molecular weight is 311 g/mol. The summed E-state index contributed by atoms with van der Waals surface area (Å²) in [5, 5.41) is 20.6. The highest BCUT2D eigenvalue weighted by atomic mass is 32.2. The van der Waals surface area contributed by atoms with E-state index in [0.29, 0.717) is 9.88 Å². The molecule has 1 saturated heterocycles. The first kappa shape index (κ1) is 15.3. The highest BCUT2D eigenvalue weighted by Gasteiger charge is 2.59. The molecule has 6 heteroatoms. The van der Waals surface area contributed by atoms with Gasteiger partial charge in [-0.2, -0.15) is 0 Å². The van der Waals surface area contributed by atoms with E-state index >= 15 is 0 Å². The number of hydrogen-bond acceptors (Lipinski definition) is 4. The van der Waals surface area contributed by atoms with Crippen LogP contribution in [0.2, 0.25) is 0 Å². The standard InChI is InChI=1S/C14H17NO3S2/c1-9(11(16)17)15-12(19)20-13(2,3)14(15,18)10-7-5-4-6-8-10/h4-9,18H,1-3H3,(H,16,17)/t9-,14?/m0/s1. The first-order chi connectivity index (χ1) is 9.22. The Morgan fingerprint density at radius 3 is 2.40 bits per heavy atom. The van der Waals surface area contributed by atoms with Crippen LogP contribution in [0.15, 0.2) is 30.3 Å². The van der Waals surface area contributed by atoms with E-state index in [9.17, 15) is 15.0 Å². The highest BCUT2D eigenvalue weighted by molar-refractivity contribution is 8.24. The molecule has 0 aliphatic carbocycles. The Morgan fingerprint density at radius 2 is 1.90 bits per heavy atom. The Kier molecular flexibility index (Phi) is 3.83. The molecule has 108 valence electrons. The maximum atomic E-state index is 11.3. The molecule has 4 nitrogen and oxygen atoms in total. The lowest BCUT2D eigenvalue weighted by molar-refractivity contribution is -0.154. The van der Waals surface area contributed by atoms with E-state index in [4.69, 9.17) is 12.2 Å². The zero-order valence-corrected chi connectivity index (χ0v) is 13.2. The predicted molar refractivity (Wildman–Crippen MR) is 83.5 cm³/mol. The van der Waals surface area contributed by atoms with Crippen LogP contribution in [0, 0.1) is 0 Å². The molecule has 0 amide bonds. The molecule has 0 radical (unpaired) electrons. The largest absolute Gasteiger partial charge is 0.480 e. The molecule has 1 aromatic rings. The Hall–Kier alpha value is -1.11. The number of rotatable bonds is 3. The van der Waals surface area contributed by atoms with Crippen molar-refractivity contribution in [2.75, 3.05) is 0 Å². The van der Waals surface area contributed by atoms with E-state index in [2.05, 4.69) is 0 Å². The lowest BCUT2D eigenvalue weighted by atomic mass is 9.88. The number of carbonyl (C=O) groups is 1. The van der Waals surface area contributed by atoms with Gasteiger partial charge in [0.25, 0.3) is 0 Å². The molecule has 1 unspecified atom stereocenters. The molecular weight excluding hydrogens is 294 g/mol. The van der Waals surface area contributed by atoms with Crippen LogP contribution in [0.25, 0.3) is 0 Å². The number of aliphatic carboxylic acids is 1. The van der Waals surface area contributed by atoms with Crippen molar-refractivity contribution in [3.05, 3.63) is 35.9 Å². The van der Waals surface area contributed by atoms with Gasteiger partial charge in [-0.3, -0.25) is 0 Å². The van der Waals surface area contributed by atoms with Crippen molar-refractivity contribution in [3.8, 4) is 0 Å². The van der Waals surface area contributed by atoms with Crippen molar-refractivity contribution in [1.82, 2.24) is 4.90 Å². The average Bonchev–Trinajstić information content (AvgIpc) is 2.56. The molecule has 2 rings (SSSR count). The van der Waals surface area contributed by atoms with Crippen LogP contribution in [-0.4, -0.2) is 36.2 Å². The minimum atomic E-state index is -1.45. The number of thiocarbonyl (C=S) groups is 1. The van der Waals surface area contributed by atoms with Gasteiger partial charge in [0.1, 0.15) is 10.4 Å². The second-order valence-corrected chi connectivity index (χ2v) is 7.56. The fourth-order valence-corrected chi connectivity index (χ4v) is 4.57. The topological polar surface area (TPSA) is 60.8 Å². The summed E-state index contributed by atoms with van der Waals surface area (Å²) in [6.07, 6.45) is 0. The molecule has 2 atom stereocenters. The molecule has 1 aliphatic heterocycles. The summed E-state index contributed by atoms with van der Waals surface area (Å²) in [5.74, 6) is -1.01. The van der Waals surface area contributed by atoms with E-state index in [1.54, 1.807) is 12.1 Å². The van der Waals surface area contributed by atoms with E-state index in [0.717, 1.165) is 0 Å². The molecule has 20 heavy (non-hydrogen) atoms. The number of aliphatic hydroxyl groups is 1. The van der Waals surface area contributed by atoms with Gasteiger partial charge in [0.05, 0.1) is 4.75 Å². The fourth-order valence-electron chi connectivity index (χ4n) is 2.47. The molecule has 0 saturated carbocycles. The molecule has 0 spiro atoms. The number of carboxylic acid groups (broad SMARTS) is 1. The second kappa shape index (κ2) is 5.02. The molecule has 1 aliphatic rings. The summed E-state index contributed by atoms with van der Waals surface area (Å²) in [4.78, 5) is 12.8. The number of thioether (sulfide) groups is 1. The van der Waals surface area contributed by atoms with E-state index in [-0.39, 0.29) is 0 Å². The molecule has 1 aromatic carbocycles. The van der Waals surface area contributed by atoms with Crippen LogP contribution in [0.3, 0.4) is 0 Å². The molecule has 1 heterocycles. The van der Waals surface area contributed by atoms with Crippen molar-refractivity contribution >= 4 is 34.3 Å². The van der Waals surface area contributed by atoms with Gasteiger partial charge in [-0.1, -0.05) is 54.3 Å². The monoisotopic (exact) mass is 311 g/mol. The van der Waals surface area contributed by atoms with Crippen molar-refractivity contribution in [1.29, 1.82) is 0 Å². The molecule has 2 N–H and O–H groups in total. The van der Waals surface area contributed by atoms with Gasteiger partial charge in [0.2, 0.25) is 0 Å². The Bertz CT molecular complexity index is 547. The number of nitrogens with zero attached hydrogens (tertiary/aromatic N) is 1. The SMILES string of the molecule is C[C@@H](C(=O)O)N1C(=S)SC(C)(C)C1(O)c1ccccc1. The minimum absolute atomic E-state index is 0.399. The minimum Gasteiger partial charge on any atom is -0.480 e. The van der Waals surface area contributed by atoms with Gasteiger partial charge >= 0.3 is 5.97 Å². The molecule has 0 aromatic heterocycles. The third-order valence-corrected chi connectivity index (χ3v) is 5.26. The van der Waals surface area contributed by atoms with Crippen molar-refractivity contribution in [2.24, 2.45) is 0 Å². The van der Waals surface area contributed by atoms with E-state index in [1.807, 2.05) is 32.0 Å². The van der Waals surface area contributed by atoms with Gasteiger partial charge in [0.15, 0.2) is 5.72 Å². The zero-order valence-electron chi connectivity index (χ0n) is 11.5. The third kappa shape index (κ3) is 2.12. The lowest BCUT2D eigenvalue weighted by Crippen LogP contribution is -2.57. The van der Waals surface area contributed by atoms with Gasteiger partial charge < -0.3 is 15.1 Å². The Balaban J connectivity index is 2.60. The molecule has 1 fully saturated rings. The molecule has 0 bridgehead atoms. The summed E-state index contributed by atoms with van der Waals surface area (Å²) >= 11 is 6.62. The number of hydrogen-bond donors (Lipinski definition) is 2. The smallest absolute Gasteiger partial charge is 0.326 e. The summed E-state index contributed by atoms with van der Waals surface area (Å²) in [6.45, 7) is 5.27. The van der Waals surface area contributed by atoms with Crippen LogP contribution >= 0.6 is 24.0 Å². The second-order valence-electron chi connectivity index (χ2n) is 5.30. The highest BCUT2D eigenvalue weighted by Crippen LogP contribution is 2.53. The number of carboxylic acids is 1. The first-order valence-electron chi connectivity index (χ1n) is 6.25. The van der Waals surface area contributed by atoms with Gasteiger partial charge in [-0.05, 0) is 20.8 Å². The Labute approximate surface area is 127 Å². The predicted octanol–water partition coefficient (Wildman–Crippen LogP) is 2.42. The quantitative estimate of drug-likeness (QED) is 0.836.